The summed E-state index contributed by atoms with van der Waals surface area (Å²) in [6.45, 7) is 0.0857. The quantitative estimate of drug-likeness (QED) is 0.748. The van der Waals surface area contributed by atoms with Crippen molar-refractivity contribution in [2.75, 3.05) is 26.4 Å². The molecule has 21 heavy (non-hydrogen) atoms. The first-order valence-electron chi connectivity index (χ1n) is 6.11. The van der Waals surface area contributed by atoms with Crippen LogP contribution >= 0.6 is 0 Å². The molecule has 0 aliphatic rings. The summed E-state index contributed by atoms with van der Waals surface area (Å²) < 4.78 is 50.4. The number of hydrogen-bond acceptors (Lipinski definition) is 4. The Kier molecular flexibility index (Phi) is 6.29. The Morgan fingerprint density at radius 1 is 1.24 bits per heavy atom. The summed E-state index contributed by atoms with van der Waals surface area (Å²) in [4.78, 5) is 11.1. The van der Waals surface area contributed by atoms with Gasteiger partial charge in [0.2, 0.25) is 0 Å². The maximum Gasteiger partial charge on any atom is 0.411 e. The molecule has 8 heteroatoms. The monoisotopic (exact) mass is 308 g/mol. The van der Waals surface area contributed by atoms with Crippen LogP contribution in [0.2, 0.25) is 0 Å². The first kappa shape index (κ1) is 17.1. The van der Waals surface area contributed by atoms with Crippen LogP contribution in [0.1, 0.15) is 17.3 Å². The molecule has 0 fully saturated rings. The molecule has 0 amide bonds. The molecule has 0 aliphatic heterocycles. The van der Waals surface area contributed by atoms with E-state index in [1.54, 1.807) is 6.92 Å². The highest BCUT2D eigenvalue weighted by Gasteiger charge is 2.27. The minimum absolute atomic E-state index is 0.0255. The molecule has 1 N–H and O–H groups in total. The minimum Gasteiger partial charge on any atom is -0.490 e. The fourth-order valence-electron chi connectivity index (χ4n) is 1.49. The van der Waals surface area contributed by atoms with Gasteiger partial charge in [-0.15, -0.1) is 0 Å². The first-order valence-corrected chi connectivity index (χ1v) is 6.11. The Bertz CT molecular complexity index is 473. The van der Waals surface area contributed by atoms with Crippen LogP contribution in [0.25, 0.3) is 0 Å². The number of benzene rings is 1. The zero-order valence-corrected chi connectivity index (χ0v) is 11.3. The summed E-state index contributed by atoms with van der Waals surface area (Å²) in [7, 11) is 0. The van der Waals surface area contributed by atoms with Crippen molar-refractivity contribution >= 4 is 5.97 Å². The van der Waals surface area contributed by atoms with E-state index in [1.807, 2.05) is 0 Å². The molecule has 0 aromatic heterocycles. The van der Waals surface area contributed by atoms with Crippen molar-refractivity contribution in [2.24, 2.45) is 0 Å². The Morgan fingerprint density at radius 2 is 1.95 bits per heavy atom. The molecule has 0 radical (unpaired) electrons. The Hall–Kier alpha value is -1.96. The van der Waals surface area contributed by atoms with Gasteiger partial charge < -0.3 is 19.3 Å². The van der Waals surface area contributed by atoms with E-state index in [0.717, 1.165) is 0 Å². The fraction of sp³-hybridized carbons (Fsp3) is 0.462. The van der Waals surface area contributed by atoms with Gasteiger partial charge >= 0.3 is 12.1 Å². The molecule has 1 aromatic carbocycles. The normalized spacial score (nSPS) is 11.2. The van der Waals surface area contributed by atoms with Gasteiger partial charge in [-0.25, -0.2) is 4.79 Å². The Balaban J connectivity index is 2.65. The molecule has 0 heterocycles. The van der Waals surface area contributed by atoms with Crippen molar-refractivity contribution in [1.82, 2.24) is 0 Å². The molecule has 0 spiro atoms. The van der Waals surface area contributed by atoms with Crippen molar-refractivity contribution in [2.45, 2.75) is 13.1 Å². The molecule has 0 saturated carbocycles. The van der Waals surface area contributed by atoms with E-state index in [4.69, 9.17) is 14.6 Å². The molecular weight excluding hydrogens is 293 g/mol. The van der Waals surface area contributed by atoms with Gasteiger partial charge in [-0.3, -0.25) is 0 Å². The topological polar surface area (TPSA) is 65.0 Å². The van der Waals surface area contributed by atoms with Crippen LogP contribution in [-0.4, -0.2) is 43.7 Å². The number of carboxylic acid groups (broad SMARTS) is 1. The highest BCUT2D eigenvalue weighted by Crippen LogP contribution is 2.31. The van der Waals surface area contributed by atoms with E-state index >= 15 is 0 Å². The van der Waals surface area contributed by atoms with Crippen molar-refractivity contribution in [3.8, 4) is 11.5 Å². The predicted molar refractivity (Wildman–Crippen MR) is 66.9 cm³/mol. The lowest BCUT2D eigenvalue weighted by molar-refractivity contribution is -0.175. The SMILES string of the molecule is CCOc1cccc(C(=O)O)c1OCCOCC(F)(F)F. The van der Waals surface area contributed by atoms with Crippen LogP contribution in [0.5, 0.6) is 11.5 Å². The third-order valence-electron chi connectivity index (χ3n) is 2.25. The smallest absolute Gasteiger partial charge is 0.411 e. The molecular formula is C13H15F3O5. The van der Waals surface area contributed by atoms with Crippen LogP contribution in [0, 0.1) is 0 Å². The number of ether oxygens (including phenoxy) is 3. The third-order valence-corrected chi connectivity index (χ3v) is 2.25. The lowest BCUT2D eigenvalue weighted by Crippen LogP contribution is -2.19. The average molecular weight is 308 g/mol. The van der Waals surface area contributed by atoms with Crippen molar-refractivity contribution in [3.63, 3.8) is 0 Å². The molecule has 0 saturated heterocycles. The average Bonchev–Trinajstić information content (AvgIpc) is 2.38. The molecule has 0 bridgehead atoms. The largest absolute Gasteiger partial charge is 0.490 e. The van der Waals surface area contributed by atoms with Crippen molar-refractivity contribution in [3.05, 3.63) is 23.8 Å². The van der Waals surface area contributed by atoms with Crippen molar-refractivity contribution < 1.29 is 37.3 Å². The lowest BCUT2D eigenvalue weighted by Gasteiger charge is -2.14. The summed E-state index contributed by atoms with van der Waals surface area (Å²) in [5.74, 6) is -1.03. The highest BCUT2D eigenvalue weighted by molar-refractivity contribution is 5.92. The number of hydrogen-bond donors (Lipinski definition) is 1. The van der Waals surface area contributed by atoms with Gasteiger partial charge in [0, 0.05) is 0 Å². The summed E-state index contributed by atoms with van der Waals surface area (Å²) in [6, 6.07) is 4.32. The van der Waals surface area contributed by atoms with Gasteiger partial charge in [0.15, 0.2) is 11.5 Å². The maximum atomic E-state index is 11.9. The van der Waals surface area contributed by atoms with E-state index in [0.29, 0.717) is 6.61 Å². The van der Waals surface area contributed by atoms with Gasteiger partial charge in [-0.1, -0.05) is 6.07 Å². The minimum atomic E-state index is -4.41. The second-order valence-electron chi connectivity index (χ2n) is 3.89. The number of alkyl halides is 3. The van der Waals surface area contributed by atoms with Crippen LogP contribution in [0.4, 0.5) is 13.2 Å². The van der Waals surface area contributed by atoms with Gasteiger partial charge in [0.25, 0.3) is 0 Å². The molecule has 1 aromatic rings. The first-order chi connectivity index (χ1) is 9.85. The van der Waals surface area contributed by atoms with Gasteiger partial charge in [-0.05, 0) is 19.1 Å². The summed E-state index contributed by atoms with van der Waals surface area (Å²) in [6.07, 6.45) is -4.41. The third kappa shape index (κ3) is 5.90. The summed E-state index contributed by atoms with van der Waals surface area (Å²) >= 11 is 0. The maximum absolute atomic E-state index is 11.9. The van der Waals surface area contributed by atoms with Crippen LogP contribution in [0.15, 0.2) is 18.2 Å². The number of rotatable bonds is 8. The Labute approximate surface area is 119 Å². The zero-order chi connectivity index (χ0) is 15.9. The van der Waals surface area contributed by atoms with E-state index in [9.17, 15) is 18.0 Å². The van der Waals surface area contributed by atoms with Gasteiger partial charge in [0.05, 0.1) is 13.2 Å². The summed E-state index contributed by atoms with van der Waals surface area (Å²) in [5, 5.41) is 9.05. The highest BCUT2D eigenvalue weighted by atomic mass is 19.4. The lowest BCUT2D eigenvalue weighted by atomic mass is 10.2. The number of halogens is 3. The standard InChI is InChI=1S/C13H15F3O5/c1-2-20-10-5-3-4-9(12(17)18)11(10)21-7-6-19-8-13(14,15)16/h3-5H,2,6-8H2,1H3,(H,17,18). The zero-order valence-electron chi connectivity index (χ0n) is 11.3. The summed E-state index contributed by atoms with van der Waals surface area (Å²) in [5.41, 5.74) is -0.128. The van der Waals surface area contributed by atoms with E-state index in [2.05, 4.69) is 4.74 Å². The van der Waals surface area contributed by atoms with Crippen molar-refractivity contribution in [1.29, 1.82) is 0 Å². The molecule has 5 nitrogen and oxygen atoms in total. The Morgan fingerprint density at radius 3 is 2.52 bits per heavy atom. The molecule has 1 rings (SSSR count). The van der Waals surface area contributed by atoms with Gasteiger partial charge in [0.1, 0.15) is 18.8 Å². The van der Waals surface area contributed by atoms with Crippen LogP contribution < -0.4 is 9.47 Å². The van der Waals surface area contributed by atoms with E-state index < -0.39 is 18.8 Å². The van der Waals surface area contributed by atoms with Crippen LogP contribution in [-0.2, 0) is 4.74 Å². The fourth-order valence-corrected chi connectivity index (χ4v) is 1.49. The second kappa shape index (κ2) is 7.72. The molecule has 0 unspecified atom stereocenters. The second-order valence-corrected chi connectivity index (χ2v) is 3.89. The number of carbonyl (C=O) groups is 1. The number of carboxylic acids is 1. The van der Waals surface area contributed by atoms with E-state index in [-0.39, 0.29) is 30.3 Å². The van der Waals surface area contributed by atoms with Crippen LogP contribution in [0.3, 0.4) is 0 Å². The predicted octanol–water partition coefficient (Wildman–Crippen LogP) is 2.74. The van der Waals surface area contributed by atoms with E-state index in [1.165, 1.54) is 18.2 Å². The molecule has 0 atom stereocenters. The molecule has 0 aliphatic carbocycles. The number of para-hydroxylation sites is 1. The molecule has 118 valence electrons. The number of aromatic carboxylic acids is 1. The van der Waals surface area contributed by atoms with Gasteiger partial charge in [-0.2, -0.15) is 13.2 Å².